The minimum Gasteiger partial charge on any atom is -0.310 e. The van der Waals surface area contributed by atoms with E-state index in [2.05, 4.69) is 231 Å². The highest BCUT2D eigenvalue weighted by atomic mass is 15.1. The predicted octanol–water partition coefficient (Wildman–Crippen LogP) is 14.5. The lowest BCUT2D eigenvalue weighted by Gasteiger charge is -2.46. The van der Waals surface area contributed by atoms with Gasteiger partial charge in [0.2, 0.25) is 0 Å². The van der Waals surface area contributed by atoms with E-state index in [0.717, 1.165) is 11.4 Å². The quantitative estimate of drug-likeness (QED) is 0.173. The molecule has 1 nitrogen and oxygen atoms in total. The predicted molar refractivity (Wildman–Crippen MR) is 247 cm³/mol. The molecule has 4 aliphatic carbocycles. The summed E-state index contributed by atoms with van der Waals surface area (Å²) < 4.78 is 0. The molecule has 0 aromatic heterocycles. The normalized spacial score (nSPS) is 15.6. The lowest BCUT2D eigenvalue weighted by molar-refractivity contribution is 0.563. The fraction of sp³-hybridized carbons (Fsp3) is 0.0847. The Balaban J connectivity index is 1.14. The van der Waals surface area contributed by atoms with Crippen molar-refractivity contribution in [2.24, 2.45) is 0 Å². The summed E-state index contributed by atoms with van der Waals surface area (Å²) in [7, 11) is 0. The number of benzene rings is 9. The molecule has 0 saturated heterocycles. The molecule has 0 heterocycles. The minimum absolute atomic E-state index is 0.161. The Kier molecular flexibility index (Phi) is 6.71. The van der Waals surface area contributed by atoms with Crippen molar-refractivity contribution in [2.75, 3.05) is 4.90 Å². The average Bonchev–Trinajstić information content (AvgIpc) is 3.89. The monoisotopic (exact) mass is 763 g/mol. The number of rotatable bonds is 3. The maximum atomic E-state index is 2.55. The molecule has 60 heavy (non-hydrogen) atoms. The van der Waals surface area contributed by atoms with E-state index < -0.39 is 10.8 Å². The average molecular weight is 764 g/mol. The Morgan fingerprint density at radius 2 is 0.683 bits per heavy atom. The summed E-state index contributed by atoms with van der Waals surface area (Å²) >= 11 is 0. The summed E-state index contributed by atoms with van der Waals surface area (Å²) in [5.41, 5.74) is 23.7. The van der Waals surface area contributed by atoms with Gasteiger partial charge in [-0.15, -0.1) is 0 Å². The van der Waals surface area contributed by atoms with Crippen LogP contribution in [0, 0.1) is 0 Å². The van der Waals surface area contributed by atoms with Crippen molar-refractivity contribution in [1.82, 2.24) is 0 Å². The molecule has 0 N–H and O–H groups in total. The summed E-state index contributed by atoms with van der Waals surface area (Å²) in [5, 5.41) is 0. The van der Waals surface area contributed by atoms with Crippen LogP contribution in [0.25, 0.3) is 33.4 Å². The maximum Gasteiger partial charge on any atom is 0.0746 e. The summed E-state index contributed by atoms with van der Waals surface area (Å²) in [6.45, 7) is 4.80. The van der Waals surface area contributed by atoms with Crippen LogP contribution in [-0.4, -0.2) is 0 Å². The molecule has 0 aliphatic heterocycles. The van der Waals surface area contributed by atoms with Crippen molar-refractivity contribution in [3.05, 3.63) is 268 Å². The summed E-state index contributed by atoms with van der Waals surface area (Å²) in [5.74, 6) is 0. The third-order valence-electron chi connectivity index (χ3n) is 14.5. The smallest absolute Gasteiger partial charge is 0.0746 e. The molecule has 0 atom stereocenters. The molecule has 9 aromatic carbocycles. The zero-order valence-electron chi connectivity index (χ0n) is 33.7. The second-order valence-corrected chi connectivity index (χ2v) is 17.5. The van der Waals surface area contributed by atoms with Gasteiger partial charge in [0.05, 0.1) is 16.5 Å². The van der Waals surface area contributed by atoms with Crippen molar-refractivity contribution in [1.29, 1.82) is 0 Å². The van der Waals surface area contributed by atoms with Crippen LogP contribution in [0.4, 0.5) is 17.1 Å². The lowest BCUT2D eigenvalue weighted by Crippen LogP contribution is -2.40. The zero-order chi connectivity index (χ0) is 39.8. The Morgan fingerprint density at radius 3 is 1.22 bits per heavy atom. The lowest BCUT2D eigenvalue weighted by atomic mass is 9.55. The van der Waals surface area contributed by atoms with Gasteiger partial charge in [-0.3, -0.25) is 0 Å². The standard InChI is InChI=1S/C59H41N/c1-57(2)50-30-14-16-32-52(50)58(53-33-17-15-31-51(53)57)46-26-10-6-23-42(46)44-36-35-39(37-54(44)58)60(38-19-4-3-5-20-38)55-34-18-25-45-43-24-9-13-29-49(43)59(56(45)55)47-27-11-7-21-40(47)41-22-8-12-28-48(41)59/h3-37H,1-2H3. The Hall–Kier alpha value is -7.22. The fourth-order valence-electron chi connectivity index (χ4n) is 12.3. The molecule has 1 heteroatoms. The summed E-state index contributed by atoms with van der Waals surface area (Å²) in [6, 6.07) is 80.4. The van der Waals surface area contributed by atoms with Gasteiger partial charge in [-0.2, -0.15) is 0 Å². The van der Waals surface area contributed by atoms with Crippen LogP contribution < -0.4 is 4.90 Å². The second-order valence-electron chi connectivity index (χ2n) is 17.5. The van der Waals surface area contributed by atoms with Gasteiger partial charge in [-0.25, -0.2) is 0 Å². The van der Waals surface area contributed by atoms with Crippen LogP contribution in [-0.2, 0) is 16.2 Å². The fourth-order valence-corrected chi connectivity index (χ4v) is 12.3. The van der Waals surface area contributed by atoms with Gasteiger partial charge < -0.3 is 4.90 Å². The SMILES string of the molecule is CC1(C)c2ccccc2C2(c3ccccc3-c3ccc(N(c4ccccc4)c4cccc5c4C4(c6ccccc6-c6ccccc64)c4ccccc4-5)cc32)c2ccccc21. The number of fused-ring (bicyclic) bond motifs is 19. The van der Waals surface area contributed by atoms with Crippen LogP contribution in [0.15, 0.2) is 212 Å². The first-order valence-corrected chi connectivity index (χ1v) is 21.3. The van der Waals surface area contributed by atoms with Crippen molar-refractivity contribution in [3.8, 4) is 33.4 Å². The molecule has 4 aliphatic rings. The number of nitrogens with zero attached hydrogens (tertiary/aromatic N) is 1. The van der Waals surface area contributed by atoms with Crippen LogP contribution >= 0.6 is 0 Å². The topological polar surface area (TPSA) is 3.24 Å². The van der Waals surface area contributed by atoms with Gasteiger partial charge in [0.25, 0.3) is 0 Å². The Labute approximate surface area is 351 Å². The third-order valence-corrected chi connectivity index (χ3v) is 14.5. The Morgan fingerprint density at radius 1 is 0.283 bits per heavy atom. The largest absolute Gasteiger partial charge is 0.310 e. The third kappa shape index (κ3) is 3.98. The summed E-state index contributed by atoms with van der Waals surface area (Å²) in [4.78, 5) is 2.55. The van der Waals surface area contributed by atoms with Crippen LogP contribution in [0.1, 0.15) is 69.5 Å². The molecular weight excluding hydrogens is 723 g/mol. The molecule has 0 saturated carbocycles. The second kappa shape index (κ2) is 11.9. The zero-order valence-corrected chi connectivity index (χ0v) is 33.7. The molecule has 0 bridgehead atoms. The van der Waals surface area contributed by atoms with Crippen molar-refractivity contribution in [2.45, 2.75) is 30.1 Å². The molecule has 0 fully saturated rings. The van der Waals surface area contributed by atoms with Gasteiger partial charge >= 0.3 is 0 Å². The first-order valence-electron chi connectivity index (χ1n) is 21.3. The molecular formula is C59H41N. The van der Waals surface area contributed by atoms with Crippen molar-refractivity contribution < 1.29 is 0 Å². The highest BCUT2D eigenvalue weighted by Crippen LogP contribution is 2.66. The first-order chi connectivity index (χ1) is 29.6. The van der Waals surface area contributed by atoms with Gasteiger partial charge in [-0.05, 0) is 114 Å². The van der Waals surface area contributed by atoms with E-state index in [1.807, 2.05) is 0 Å². The van der Waals surface area contributed by atoms with Crippen LogP contribution in [0.3, 0.4) is 0 Å². The molecule has 0 amide bonds. The van der Waals surface area contributed by atoms with E-state index in [4.69, 9.17) is 0 Å². The molecule has 2 spiro atoms. The van der Waals surface area contributed by atoms with Gasteiger partial charge in [0.15, 0.2) is 0 Å². The van der Waals surface area contributed by atoms with E-state index in [1.165, 1.54) is 94.7 Å². The highest BCUT2D eigenvalue weighted by Gasteiger charge is 2.55. The molecule has 0 radical (unpaired) electrons. The van der Waals surface area contributed by atoms with Gasteiger partial charge in [0, 0.05) is 22.4 Å². The maximum absolute atomic E-state index is 2.55. The van der Waals surface area contributed by atoms with Crippen molar-refractivity contribution >= 4 is 17.1 Å². The summed E-state index contributed by atoms with van der Waals surface area (Å²) in [6.07, 6.45) is 0. The van der Waals surface area contributed by atoms with E-state index in [-0.39, 0.29) is 5.41 Å². The Bertz CT molecular complexity index is 3140. The molecule has 9 aromatic rings. The van der Waals surface area contributed by atoms with E-state index in [9.17, 15) is 0 Å². The minimum atomic E-state index is -0.496. The van der Waals surface area contributed by atoms with E-state index in [0.29, 0.717) is 0 Å². The van der Waals surface area contributed by atoms with Crippen LogP contribution in [0.2, 0.25) is 0 Å². The highest BCUT2D eigenvalue weighted by molar-refractivity contribution is 6.00. The number of hydrogen-bond donors (Lipinski definition) is 0. The van der Waals surface area contributed by atoms with Crippen molar-refractivity contribution in [3.63, 3.8) is 0 Å². The van der Waals surface area contributed by atoms with Gasteiger partial charge in [0.1, 0.15) is 0 Å². The van der Waals surface area contributed by atoms with Crippen LogP contribution in [0.5, 0.6) is 0 Å². The molecule has 282 valence electrons. The first kappa shape index (κ1) is 33.7. The number of para-hydroxylation sites is 1. The molecule has 13 rings (SSSR count). The van der Waals surface area contributed by atoms with E-state index in [1.54, 1.807) is 0 Å². The van der Waals surface area contributed by atoms with E-state index >= 15 is 0 Å². The number of anilines is 3. The number of hydrogen-bond acceptors (Lipinski definition) is 1. The molecule has 0 unspecified atom stereocenters. The van der Waals surface area contributed by atoms with Gasteiger partial charge in [-0.1, -0.05) is 196 Å².